The SMILES string of the molecule is NC(=O)C(Br)SSS. The van der Waals surface area contributed by atoms with Gasteiger partial charge in [0.1, 0.15) is 4.16 Å². The zero-order valence-corrected chi connectivity index (χ0v) is 7.82. The monoisotopic (exact) mass is 233 g/mol. The Kier molecular flexibility index (Phi) is 5.44. The van der Waals surface area contributed by atoms with Crippen LogP contribution < -0.4 is 5.73 Å². The van der Waals surface area contributed by atoms with E-state index in [-0.39, 0.29) is 10.1 Å². The van der Waals surface area contributed by atoms with Gasteiger partial charge >= 0.3 is 0 Å². The molecule has 0 aliphatic carbocycles. The quantitative estimate of drug-likeness (QED) is 0.441. The molecular weight excluding hydrogens is 230 g/mol. The van der Waals surface area contributed by atoms with Gasteiger partial charge in [0, 0.05) is 0 Å². The van der Waals surface area contributed by atoms with Gasteiger partial charge in [-0.3, -0.25) is 4.79 Å². The average molecular weight is 234 g/mol. The van der Waals surface area contributed by atoms with Gasteiger partial charge < -0.3 is 5.73 Å². The van der Waals surface area contributed by atoms with Crippen molar-refractivity contribution in [1.82, 2.24) is 0 Å². The van der Waals surface area contributed by atoms with Gasteiger partial charge in [-0.15, -0.1) is 0 Å². The second-order valence-corrected chi connectivity index (χ2v) is 5.59. The van der Waals surface area contributed by atoms with Crippen LogP contribution in [0.25, 0.3) is 0 Å². The maximum absolute atomic E-state index is 10.2. The third-order valence-corrected chi connectivity index (χ3v) is 4.20. The summed E-state index contributed by atoms with van der Waals surface area (Å²) in [5, 5.41) is 0. The van der Waals surface area contributed by atoms with Crippen molar-refractivity contribution in [2.45, 2.75) is 4.16 Å². The van der Waals surface area contributed by atoms with Crippen LogP contribution in [-0.2, 0) is 4.79 Å². The molecule has 0 aliphatic heterocycles. The van der Waals surface area contributed by atoms with E-state index in [0.29, 0.717) is 0 Å². The second kappa shape index (κ2) is 4.84. The molecule has 0 radical (unpaired) electrons. The van der Waals surface area contributed by atoms with E-state index in [2.05, 4.69) is 27.6 Å². The lowest BCUT2D eigenvalue weighted by molar-refractivity contribution is -0.116. The van der Waals surface area contributed by atoms with Gasteiger partial charge in [-0.2, -0.15) is 0 Å². The molecule has 1 amide bonds. The molecule has 2 nitrogen and oxygen atoms in total. The first-order valence-corrected chi connectivity index (χ1v) is 5.77. The Morgan fingerprint density at radius 1 is 1.88 bits per heavy atom. The first-order valence-electron chi connectivity index (χ1n) is 1.58. The summed E-state index contributed by atoms with van der Waals surface area (Å²) in [5.41, 5.74) is 4.87. The van der Waals surface area contributed by atoms with Crippen LogP contribution in [0.15, 0.2) is 0 Å². The van der Waals surface area contributed by atoms with Gasteiger partial charge in [0.25, 0.3) is 0 Å². The number of carbonyl (C=O) groups excluding carboxylic acids is 1. The third-order valence-electron chi connectivity index (χ3n) is 0.351. The third kappa shape index (κ3) is 3.94. The summed E-state index contributed by atoms with van der Waals surface area (Å²) in [5.74, 6) is -0.378. The molecule has 2 N–H and O–H groups in total. The van der Waals surface area contributed by atoms with Crippen molar-refractivity contribution in [1.29, 1.82) is 0 Å². The summed E-state index contributed by atoms with van der Waals surface area (Å²) in [4.78, 5) is 10.2. The highest BCUT2D eigenvalue weighted by Crippen LogP contribution is 2.32. The van der Waals surface area contributed by atoms with Crippen molar-refractivity contribution in [3.05, 3.63) is 0 Å². The largest absolute Gasteiger partial charge is 0.368 e. The van der Waals surface area contributed by atoms with Crippen LogP contribution in [0.4, 0.5) is 0 Å². The zero-order valence-electron chi connectivity index (χ0n) is 3.70. The number of rotatable bonds is 3. The van der Waals surface area contributed by atoms with Gasteiger partial charge in [0.2, 0.25) is 5.91 Å². The number of thiol groups is 1. The molecule has 0 aromatic carbocycles. The van der Waals surface area contributed by atoms with Gasteiger partial charge in [0.15, 0.2) is 0 Å². The van der Waals surface area contributed by atoms with Gasteiger partial charge in [-0.05, 0) is 9.83 Å². The maximum atomic E-state index is 10.2. The second-order valence-electron chi connectivity index (χ2n) is 0.889. The highest BCUT2D eigenvalue weighted by atomic mass is 79.9. The van der Waals surface area contributed by atoms with Crippen LogP contribution in [0.3, 0.4) is 0 Å². The standard InChI is InChI=1S/C2H4BrNOS3/c3-1(2(4)5)7-8-6/h1,6H,(H2,4,5). The molecule has 0 aromatic rings. The van der Waals surface area contributed by atoms with E-state index < -0.39 is 0 Å². The van der Waals surface area contributed by atoms with E-state index >= 15 is 0 Å². The van der Waals surface area contributed by atoms with Crippen LogP contribution in [0, 0.1) is 0 Å². The normalized spacial score (nSPS) is 13.2. The number of hydrogen-bond acceptors (Lipinski definition) is 4. The van der Waals surface area contributed by atoms with Crippen molar-refractivity contribution in [2.75, 3.05) is 0 Å². The molecule has 0 saturated carbocycles. The molecule has 6 heteroatoms. The highest BCUT2D eigenvalue weighted by Gasteiger charge is 2.09. The predicted molar refractivity (Wildman–Crippen MR) is 46.1 cm³/mol. The first kappa shape index (κ1) is 9.00. The van der Waals surface area contributed by atoms with Gasteiger partial charge in [0.05, 0.1) is 0 Å². The van der Waals surface area contributed by atoms with Crippen molar-refractivity contribution in [3.63, 3.8) is 0 Å². The fourth-order valence-corrected chi connectivity index (χ4v) is 3.29. The number of halogens is 1. The molecule has 0 aromatic heterocycles. The van der Waals surface area contributed by atoms with Crippen LogP contribution in [0.1, 0.15) is 0 Å². The lowest BCUT2D eigenvalue weighted by atomic mass is 10.8. The van der Waals surface area contributed by atoms with E-state index in [4.69, 9.17) is 5.73 Å². The van der Waals surface area contributed by atoms with Crippen LogP contribution in [-0.4, -0.2) is 10.1 Å². The molecule has 1 unspecified atom stereocenters. The van der Waals surface area contributed by atoms with Gasteiger partial charge in [-0.25, -0.2) is 0 Å². The van der Waals surface area contributed by atoms with Crippen molar-refractivity contribution in [2.24, 2.45) is 5.73 Å². The molecule has 0 saturated heterocycles. The minimum absolute atomic E-state index is 0.329. The highest BCUT2D eigenvalue weighted by molar-refractivity contribution is 9.17. The summed E-state index contributed by atoms with van der Waals surface area (Å²) in [6, 6.07) is 0. The minimum atomic E-state index is -0.378. The molecule has 0 fully saturated rings. The number of nitrogens with two attached hydrogens (primary N) is 1. The molecule has 0 rings (SSSR count). The van der Waals surface area contributed by atoms with E-state index in [1.54, 1.807) is 0 Å². The van der Waals surface area contributed by atoms with Gasteiger partial charge in [-0.1, -0.05) is 38.4 Å². The van der Waals surface area contributed by atoms with Crippen molar-refractivity contribution >= 4 is 54.1 Å². The van der Waals surface area contributed by atoms with E-state index in [1.807, 2.05) is 0 Å². The van der Waals surface area contributed by atoms with Crippen LogP contribution >= 0.6 is 48.2 Å². The van der Waals surface area contributed by atoms with Crippen molar-refractivity contribution < 1.29 is 4.79 Å². The summed E-state index contributed by atoms with van der Waals surface area (Å²) >= 11 is 6.82. The topological polar surface area (TPSA) is 43.1 Å². The molecular formula is C2H4BrNOS3. The van der Waals surface area contributed by atoms with Crippen LogP contribution in [0.2, 0.25) is 0 Å². The fourth-order valence-electron chi connectivity index (χ4n) is 0.0852. The Hall–Kier alpha value is 1.000. The van der Waals surface area contributed by atoms with E-state index in [9.17, 15) is 4.79 Å². The Balaban J connectivity index is 3.32. The van der Waals surface area contributed by atoms with E-state index in [0.717, 1.165) is 0 Å². The Bertz CT molecular complexity index is 89.4. The molecule has 0 spiro atoms. The van der Waals surface area contributed by atoms with Crippen LogP contribution in [0.5, 0.6) is 0 Å². The lowest BCUT2D eigenvalue weighted by Gasteiger charge is -1.97. The summed E-state index contributed by atoms with van der Waals surface area (Å²) < 4.78 is -0.329. The fraction of sp³-hybridized carbons (Fsp3) is 0.500. The summed E-state index contributed by atoms with van der Waals surface area (Å²) in [6.45, 7) is 0. The molecule has 1 atom stereocenters. The smallest absolute Gasteiger partial charge is 0.242 e. The average Bonchev–Trinajstić information content (AvgIpc) is 1.67. The maximum Gasteiger partial charge on any atom is 0.242 e. The number of carbonyl (C=O) groups is 1. The molecule has 0 heterocycles. The predicted octanol–water partition coefficient (Wildman–Crippen LogP) is 1.42. The number of amides is 1. The summed E-state index contributed by atoms with van der Waals surface area (Å²) in [6.07, 6.45) is 0. The number of alkyl halides is 1. The summed E-state index contributed by atoms with van der Waals surface area (Å²) in [7, 11) is 2.46. The molecule has 0 aliphatic rings. The molecule has 0 bridgehead atoms. The Morgan fingerprint density at radius 2 is 2.38 bits per heavy atom. The van der Waals surface area contributed by atoms with E-state index in [1.165, 1.54) is 20.6 Å². The number of primary amides is 1. The Morgan fingerprint density at radius 3 is 2.50 bits per heavy atom. The molecule has 48 valence electrons. The number of hydrogen-bond donors (Lipinski definition) is 2. The zero-order chi connectivity index (χ0) is 6.57. The first-order chi connectivity index (χ1) is 3.68. The molecule has 8 heavy (non-hydrogen) atoms. The lowest BCUT2D eigenvalue weighted by Crippen LogP contribution is -2.19. The minimum Gasteiger partial charge on any atom is -0.368 e. The van der Waals surface area contributed by atoms with Crippen molar-refractivity contribution in [3.8, 4) is 0 Å². The Labute approximate surface area is 68.7 Å².